The van der Waals surface area contributed by atoms with Gasteiger partial charge in [0, 0.05) is 86.9 Å². The second-order valence-electron chi connectivity index (χ2n) is 25.1. The predicted octanol–water partition coefficient (Wildman–Crippen LogP) is 17.4. The van der Waals surface area contributed by atoms with Crippen LogP contribution in [0.4, 0.5) is 0 Å². The summed E-state index contributed by atoms with van der Waals surface area (Å²) in [7, 11) is 9.82. The number of rotatable bonds is 23. The van der Waals surface area contributed by atoms with Crippen LogP contribution in [0.15, 0.2) is 152 Å². The second kappa shape index (κ2) is 31.2. The van der Waals surface area contributed by atoms with Gasteiger partial charge in [-0.25, -0.2) is 0 Å². The lowest BCUT2D eigenvalue weighted by molar-refractivity contribution is 0.181. The van der Waals surface area contributed by atoms with Crippen molar-refractivity contribution in [3.63, 3.8) is 0 Å². The molecule has 12 nitrogen and oxygen atoms in total. The van der Waals surface area contributed by atoms with E-state index in [1.807, 2.05) is 47.6 Å². The minimum absolute atomic E-state index is 0.220. The van der Waals surface area contributed by atoms with Gasteiger partial charge in [-0.15, -0.1) is 0 Å². The molecule has 0 aromatic heterocycles. The SMILES string of the molecule is CCC(CC)(c1cc(C)c(O)c(COC)c1)c1cc(C)c(O)c(COC)c1.CCC(Cc1ccccc1)(c1cc(C)c(O)c(COC)c1)c1cc(C)c(O)c(COC)c1.COCc1cc(C2(c3cc(C)c(O)c(COC)c3)c3ccccc3-c3ccccc32)cc(C)c1O. The van der Waals surface area contributed by atoms with Gasteiger partial charge in [0.05, 0.1) is 45.1 Å². The maximum Gasteiger partial charge on any atom is 0.124 e. The third-order valence-electron chi connectivity index (χ3n) is 19.3. The number of aryl methyl sites for hydroxylation is 6. The largest absolute Gasteiger partial charge is 0.507 e. The van der Waals surface area contributed by atoms with Gasteiger partial charge < -0.3 is 59.1 Å². The quantitative estimate of drug-likeness (QED) is 0.0358. The van der Waals surface area contributed by atoms with Gasteiger partial charge in [-0.05, 0) is 198 Å². The highest BCUT2D eigenvalue weighted by Gasteiger charge is 2.47. The number of methoxy groups -OCH3 is 6. The zero-order valence-electron chi connectivity index (χ0n) is 57.6. The number of ether oxygens (including phenoxy) is 6. The smallest absolute Gasteiger partial charge is 0.124 e. The van der Waals surface area contributed by atoms with Gasteiger partial charge in [0.25, 0.3) is 0 Å². The summed E-state index contributed by atoms with van der Waals surface area (Å²) < 4.78 is 32.2. The molecular weight excluding hydrogens is 1180 g/mol. The van der Waals surface area contributed by atoms with Crippen molar-refractivity contribution in [3.05, 3.63) is 268 Å². The number of benzene rings is 9. The van der Waals surface area contributed by atoms with E-state index >= 15 is 0 Å². The average Bonchev–Trinajstić information content (AvgIpc) is 1.51. The highest BCUT2D eigenvalue weighted by Crippen LogP contribution is 2.57. The lowest BCUT2D eigenvalue weighted by Crippen LogP contribution is -2.30. The summed E-state index contributed by atoms with van der Waals surface area (Å²) in [6.45, 7) is 20.2. The molecule has 0 fully saturated rings. The molecule has 6 N–H and O–H groups in total. The van der Waals surface area contributed by atoms with Crippen LogP contribution < -0.4 is 0 Å². The Morgan fingerprint density at radius 3 is 0.851 bits per heavy atom. The number of phenols is 6. The average molecular weight is 1270 g/mol. The van der Waals surface area contributed by atoms with E-state index in [1.165, 1.54) is 27.8 Å². The summed E-state index contributed by atoms with van der Waals surface area (Å²) >= 11 is 0. The molecule has 0 atom stereocenters. The topological polar surface area (TPSA) is 177 Å². The first-order chi connectivity index (χ1) is 45.1. The van der Waals surface area contributed by atoms with Crippen LogP contribution in [0, 0.1) is 41.5 Å². The summed E-state index contributed by atoms with van der Waals surface area (Å²) in [6.07, 6.45) is 3.43. The third-order valence-corrected chi connectivity index (χ3v) is 19.3. The molecule has 0 unspecified atom stereocenters. The van der Waals surface area contributed by atoms with Gasteiger partial charge in [0.1, 0.15) is 34.5 Å². The highest BCUT2D eigenvalue weighted by molar-refractivity contribution is 5.86. The minimum atomic E-state index is -0.644. The maximum absolute atomic E-state index is 10.8. The molecule has 0 saturated heterocycles. The van der Waals surface area contributed by atoms with Gasteiger partial charge in [0.15, 0.2) is 0 Å². The summed E-state index contributed by atoms with van der Waals surface area (Å²) in [4.78, 5) is 0. The number of phenolic OH excluding ortho intramolecular Hbond substituents is 6. The van der Waals surface area contributed by atoms with Gasteiger partial charge in [-0.3, -0.25) is 0 Å². The van der Waals surface area contributed by atoms with Crippen molar-refractivity contribution in [2.45, 2.75) is 144 Å². The van der Waals surface area contributed by atoms with Crippen molar-refractivity contribution in [1.82, 2.24) is 0 Å². The first-order valence-corrected chi connectivity index (χ1v) is 32.3. The van der Waals surface area contributed by atoms with E-state index in [-0.39, 0.29) is 33.8 Å². The van der Waals surface area contributed by atoms with Gasteiger partial charge in [0.2, 0.25) is 0 Å². The van der Waals surface area contributed by atoms with E-state index in [4.69, 9.17) is 28.4 Å². The summed E-state index contributed by atoms with van der Waals surface area (Å²) in [5.74, 6) is 1.66. The number of fused-ring (bicyclic) bond motifs is 3. The monoisotopic (exact) mass is 1270 g/mol. The van der Waals surface area contributed by atoms with Crippen molar-refractivity contribution < 1.29 is 59.1 Å². The van der Waals surface area contributed by atoms with Crippen molar-refractivity contribution in [2.75, 3.05) is 42.7 Å². The van der Waals surface area contributed by atoms with Crippen LogP contribution in [-0.2, 0) is 90.7 Å². The van der Waals surface area contributed by atoms with Crippen LogP contribution in [0.3, 0.4) is 0 Å². The summed E-state index contributed by atoms with van der Waals surface area (Å²) in [5.41, 5.74) is 20.9. The number of aromatic hydroxyl groups is 6. The first-order valence-electron chi connectivity index (χ1n) is 32.3. The van der Waals surface area contributed by atoms with Crippen LogP contribution in [0.25, 0.3) is 11.1 Å². The minimum Gasteiger partial charge on any atom is -0.507 e. The Kier molecular flexibility index (Phi) is 23.7. The lowest BCUT2D eigenvalue weighted by Gasteiger charge is -2.36. The van der Waals surface area contributed by atoms with Crippen LogP contribution in [0.5, 0.6) is 34.5 Å². The van der Waals surface area contributed by atoms with E-state index < -0.39 is 5.41 Å². The van der Waals surface area contributed by atoms with E-state index in [1.54, 1.807) is 42.7 Å². The molecule has 0 aliphatic heterocycles. The van der Waals surface area contributed by atoms with Crippen molar-refractivity contribution in [3.8, 4) is 45.6 Å². The molecule has 0 bridgehead atoms. The molecule has 94 heavy (non-hydrogen) atoms. The summed E-state index contributed by atoms with van der Waals surface area (Å²) in [5, 5.41) is 63.6. The van der Waals surface area contributed by atoms with Gasteiger partial charge in [-0.1, -0.05) is 136 Å². The fraction of sp³-hybridized carbons (Fsp3) is 0.341. The fourth-order valence-electron chi connectivity index (χ4n) is 14.4. The Balaban J connectivity index is 0.000000183. The van der Waals surface area contributed by atoms with E-state index in [0.29, 0.717) is 51.1 Å². The standard InChI is InChI=1S/C31H30O4.C28H34O4.C23H32O4/c1-19-13-23(15-21(17-34-3)29(19)32)31(24-14-20(2)30(33)22(16-24)18-35-4)27-11-7-5-9-25(27)26-10-6-8-12-28(26)31;1-6-28(16-21-10-8-7-9-11-21,24-12-19(2)26(29)22(14-24)17-31-4)25-13-20(3)27(30)23(15-25)18-32-5;1-7-23(8-2,19-9-15(3)21(24)17(11-19)13-26-5)20-10-16(4)22(25)18(12-20)14-27-6/h5-16,32-33H,17-18H2,1-4H3;7-15,29-30H,6,16-18H2,1-5H3;9-12,24-25H,7-8,13-14H2,1-6H3. The molecule has 0 saturated carbocycles. The number of hydrogen-bond acceptors (Lipinski definition) is 12. The Labute approximate surface area is 557 Å². The second-order valence-corrected chi connectivity index (χ2v) is 25.1. The summed E-state index contributed by atoms with van der Waals surface area (Å²) in [6, 6.07) is 52.3. The molecule has 0 spiro atoms. The van der Waals surface area contributed by atoms with Gasteiger partial charge in [-0.2, -0.15) is 0 Å². The lowest BCUT2D eigenvalue weighted by atomic mass is 9.66. The Bertz CT molecular complexity index is 3850. The molecule has 1 aliphatic rings. The zero-order valence-corrected chi connectivity index (χ0v) is 57.6. The van der Waals surface area contributed by atoms with Crippen LogP contribution in [0.2, 0.25) is 0 Å². The molecule has 496 valence electrons. The Hall–Kier alpha value is -8.46. The fourth-order valence-corrected chi connectivity index (χ4v) is 14.4. The van der Waals surface area contributed by atoms with E-state index in [0.717, 1.165) is 126 Å². The van der Waals surface area contributed by atoms with Crippen molar-refractivity contribution in [2.24, 2.45) is 0 Å². The molecule has 9 aromatic carbocycles. The zero-order chi connectivity index (χ0) is 68.2. The molecule has 0 amide bonds. The first kappa shape index (κ1) is 71.4. The van der Waals surface area contributed by atoms with E-state index in [9.17, 15) is 30.6 Å². The molecular formula is C82H96O12. The molecule has 10 rings (SSSR count). The van der Waals surface area contributed by atoms with Crippen LogP contribution in [0.1, 0.15) is 157 Å². The van der Waals surface area contributed by atoms with Crippen LogP contribution in [-0.4, -0.2) is 73.3 Å². The van der Waals surface area contributed by atoms with Gasteiger partial charge >= 0.3 is 0 Å². The molecule has 9 aromatic rings. The molecule has 0 heterocycles. The van der Waals surface area contributed by atoms with Crippen molar-refractivity contribution >= 4 is 0 Å². The Morgan fingerprint density at radius 2 is 0.564 bits per heavy atom. The number of hydrogen-bond donors (Lipinski definition) is 6. The maximum atomic E-state index is 10.8. The van der Waals surface area contributed by atoms with Crippen LogP contribution >= 0.6 is 0 Å². The molecule has 12 heteroatoms. The normalized spacial score (nSPS) is 12.4. The van der Waals surface area contributed by atoms with E-state index in [2.05, 4.69) is 166 Å². The Morgan fingerprint density at radius 1 is 0.309 bits per heavy atom. The molecule has 1 aliphatic carbocycles. The highest BCUT2D eigenvalue weighted by atomic mass is 16.5. The van der Waals surface area contributed by atoms with Crippen molar-refractivity contribution in [1.29, 1.82) is 0 Å². The molecule has 0 radical (unpaired) electrons. The third kappa shape index (κ3) is 14.0. The predicted molar refractivity (Wildman–Crippen MR) is 375 cm³/mol.